The van der Waals surface area contributed by atoms with Crippen LogP contribution in [0.15, 0.2) is 82.4 Å². The van der Waals surface area contributed by atoms with Crippen molar-refractivity contribution in [3.63, 3.8) is 0 Å². The quantitative estimate of drug-likeness (QED) is 0.296. The lowest BCUT2D eigenvalue weighted by Crippen LogP contribution is -2.25. The molecule has 2 heterocycles. The van der Waals surface area contributed by atoms with Gasteiger partial charge in [0.05, 0.1) is 22.5 Å². The third-order valence-electron chi connectivity index (χ3n) is 6.35. The van der Waals surface area contributed by atoms with Crippen molar-refractivity contribution in [3.05, 3.63) is 137 Å². The molecule has 0 unspecified atom stereocenters. The molecule has 0 saturated carbocycles. The number of benzene rings is 3. The number of H-pyrrole nitrogens is 2. The van der Waals surface area contributed by atoms with Crippen molar-refractivity contribution in [2.75, 3.05) is 0 Å². The summed E-state index contributed by atoms with van der Waals surface area (Å²) in [6, 6.07) is 22.0. The van der Waals surface area contributed by atoms with Crippen LogP contribution in [0, 0.1) is 20.8 Å². The molecule has 0 saturated heterocycles. The Hall–Kier alpha value is -3.74. The Labute approximate surface area is 217 Å². The van der Waals surface area contributed by atoms with Crippen molar-refractivity contribution in [1.82, 2.24) is 19.6 Å². The molecule has 2 aromatic heterocycles. The van der Waals surface area contributed by atoms with Crippen LogP contribution in [0.5, 0.6) is 0 Å². The molecule has 0 atom stereocenters. The molecule has 182 valence electrons. The minimum absolute atomic E-state index is 0.241. The zero-order chi connectivity index (χ0) is 25.6. The SMILES string of the molecule is Cc1ccc(C(c2c(C)[nH]n(-c3cccc(Cl)c3)c2=O)c2c(C)[nH]n(-c3cccc(Cl)c3)c2=O)cc1. The Kier molecular flexibility index (Phi) is 6.24. The van der Waals surface area contributed by atoms with E-state index in [1.54, 1.807) is 36.4 Å². The number of hydrogen-bond donors (Lipinski definition) is 2. The Morgan fingerprint density at radius 2 is 1.11 bits per heavy atom. The molecule has 0 aliphatic heterocycles. The van der Waals surface area contributed by atoms with Crippen molar-refractivity contribution in [2.45, 2.75) is 26.7 Å². The van der Waals surface area contributed by atoms with Gasteiger partial charge in [0, 0.05) is 27.4 Å². The van der Waals surface area contributed by atoms with Crippen LogP contribution < -0.4 is 11.1 Å². The molecule has 0 spiro atoms. The van der Waals surface area contributed by atoms with Crippen molar-refractivity contribution >= 4 is 23.2 Å². The van der Waals surface area contributed by atoms with E-state index in [0.29, 0.717) is 43.9 Å². The summed E-state index contributed by atoms with van der Waals surface area (Å²) in [4.78, 5) is 27.7. The molecule has 2 N–H and O–H groups in total. The maximum absolute atomic E-state index is 13.9. The Morgan fingerprint density at radius 1 is 0.667 bits per heavy atom. The third-order valence-corrected chi connectivity index (χ3v) is 6.83. The zero-order valence-electron chi connectivity index (χ0n) is 20.0. The molecule has 0 amide bonds. The first-order valence-corrected chi connectivity index (χ1v) is 12.2. The monoisotopic (exact) mass is 518 g/mol. The average Bonchev–Trinajstić information content (AvgIpc) is 3.31. The van der Waals surface area contributed by atoms with Crippen molar-refractivity contribution < 1.29 is 0 Å². The highest BCUT2D eigenvalue weighted by molar-refractivity contribution is 6.31. The highest BCUT2D eigenvalue weighted by Crippen LogP contribution is 2.32. The highest BCUT2D eigenvalue weighted by atomic mass is 35.5. The molecule has 36 heavy (non-hydrogen) atoms. The molecule has 6 nitrogen and oxygen atoms in total. The molecule has 0 bridgehead atoms. The predicted molar refractivity (Wildman–Crippen MR) is 144 cm³/mol. The molecule has 8 heteroatoms. The lowest BCUT2D eigenvalue weighted by molar-refractivity contribution is 0.830. The highest BCUT2D eigenvalue weighted by Gasteiger charge is 2.30. The minimum atomic E-state index is -0.598. The summed E-state index contributed by atoms with van der Waals surface area (Å²) in [5.74, 6) is -0.598. The van der Waals surface area contributed by atoms with E-state index in [4.69, 9.17) is 23.2 Å². The first kappa shape index (κ1) is 24.0. The molecule has 0 radical (unpaired) electrons. The first-order chi connectivity index (χ1) is 17.2. The van der Waals surface area contributed by atoms with Gasteiger partial charge in [-0.2, -0.15) is 0 Å². The van der Waals surface area contributed by atoms with Gasteiger partial charge >= 0.3 is 0 Å². The second kappa shape index (κ2) is 9.37. The lowest BCUT2D eigenvalue weighted by atomic mass is 9.85. The number of aryl methyl sites for hydroxylation is 3. The summed E-state index contributed by atoms with van der Waals surface area (Å²) in [6.45, 7) is 5.69. The van der Waals surface area contributed by atoms with Gasteiger partial charge in [-0.05, 0) is 62.7 Å². The summed E-state index contributed by atoms with van der Waals surface area (Å²) >= 11 is 12.4. The topological polar surface area (TPSA) is 75.6 Å². The second-order valence-corrected chi connectivity index (χ2v) is 9.76. The molecule has 0 aliphatic carbocycles. The van der Waals surface area contributed by atoms with E-state index in [2.05, 4.69) is 10.2 Å². The van der Waals surface area contributed by atoms with Crippen molar-refractivity contribution in [2.24, 2.45) is 0 Å². The maximum atomic E-state index is 13.9. The van der Waals surface area contributed by atoms with Gasteiger partial charge in [0.15, 0.2) is 0 Å². The van der Waals surface area contributed by atoms with E-state index in [1.807, 2.05) is 57.2 Å². The summed E-state index contributed by atoms with van der Waals surface area (Å²) in [5.41, 5.74) is 5.01. The summed E-state index contributed by atoms with van der Waals surface area (Å²) in [6.07, 6.45) is 0. The van der Waals surface area contributed by atoms with Gasteiger partial charge in [0.2, 0.25) is 0 Å². The molecule has 5 aromatic rings. The fraction of sp³-hybridized carbons (Fsp3) is 0.143. The van der Waals surface area contributed by atoms with Crippen LogP contribution >= 0.6 is 23.2 Å². The normalized spacial score (nSPS) is 11.4. The van der Waals surface area contributed by atoms with Crippen LogP contribution in [0.4, 0.5) is 0 Å². The zero-order valence-corrected chi connectivity index (χ0v) is 21.5. The number of nitrogens with one attached hydrogen (secondary N) is 2. The number of aromatic nitrogens is 4. The number of hydrogen-bond acceptors (Lipinski definition) is 2. The van der Waals surface area contributed by atoms with E-state index >= 15 is 0 Å². The van der Waals surface area contributed by atoms with Gasteiger partial charge in [-0.25, -0.2) is 9.36 Å². The van der Waals surface area contributed by atoms with Crippen LogP contribution in [-0.2, 0) is 0 Å². The second-order valence-electron chi connectivity index (χ2n) is 8.89. The number of halogens is 2. The smallest absolute Gasteiger partial charge is 0.275 e. The molecule has 5 rings (SSSR count). The van der Waals surface area contributed by atoms with Crippen LogP contribution in [0.1, 0.15) is 39.6 Å². The van der Waals surface area contributed by atoms with Crippen molar-refractivity contribution in [1.29, 1.82) is 0 Å². The number of rotatable bonds is 5. The van der Waals surface area contributed by atoms with E-state index in [-0.39, 0.29) is 11.1 Å². The molecular weight excluding hydrogens is 495 g/mol. The maximum Gasteiger partial charge on any atom is 0.275 e. The van der Waals surface area contributed by atoms with E-state index in [9.17, 15) is 9.59 Å². The van der Waals surface area contributed by atoms with Gasteiger partial charge in [0.25, 0.3) is 11.1 Å². The van der Waals surface area contributed by atoms with Gasteiger partial charge in [-0.3, -0.25) is 19.8 Å². The summed E-state index contributed by atoms with van der Waals surface area (Å²) in [5, 5.41) is 7.41. The van der Waals surface area contributed by atoms with Gasteiger partial charge in [0.1, 0.15) is 0 Å². The van der Waals surface area contributed by atoms with Crippen LogP contribution in [0.2, 0.25) is 10.0 Å². The first-order valence-electron chi connectivity index (χ1n) is 11.5. The van der Waals surface area contributed by atoms with E-state index in [0.717, 1.165) is 11.1 Å². The fourth-order valence-electron chi connectivity index (χ4n) is 4.63. The number of nitrogens with zero attached hydrogens (tertiary/aromatic N) is 2. The van der Waals surface area contributed by atoms with Crippen LogP contribution in [0.3, 0.4) is 0 Å². The lowest BCUT2D eigenvalue weighted by Gasteiger charge is -2.16. The van der Waals surface area contributed by atoms with E-state index < -0.39 is 5.92 Å². The standard InChI is InChI=1S/C28H24Cl2N4O2/c1-16-10-12-19(13-11-16)26(24-17(2)31-33(27(24)35)22-8-4-6-20(29)14-22)25-18(3)32-34(28(25)36)23-9-5-7-21(30)15-23/h4-15,26,31-32H,1-3H3. The van der Waals surface area contributed by atoms with Crippen molar-refractivity contribution in [3.8, 4) is 11.4 Å². The molecular formula is C28H24Cl2N4O2. The predicted octanol–water partition coefficient (Wildman–Crippen LogP) is 6.06. The Bertz CT molecular complexity index is 1590. The van der Waals surface area contributed by atoms with Gasteiger partial charge in [-0.15, -0.1) is 0 Å². The number of aromatic amines is 2. The largest absolute Gasteiger partial charge is 0.295 e. The van der Waals surface area contributed by atoms with E-state index in [1.165, 1.54) is 9.36 Å². The Morgan fingerprint density at radius 3 is 1.53 bits per heavy atom. The van der Waals surface area contributed by atoms with Gasteiger partial charge in [-0.1, -0.05) is 65.2 Å². The van der Waals surface area contributed by atoms with Crippen LogP contribution in [0.25, 0.3) is 11.4 Å². The average molecular weight is 519 g/mol. The summed E-state index contributed by atoms with van der Waals surface area (Å²) < 4.78 is 2.93. The molecule has 3 aromatic carbocycles. The minimum Gasteiger partial charge on any atom is -0.295 e. The molecule has 0 fully saturated rings. The summed E-state index contributed by atoms with van der Waals surface area (Å²) in [7, 11) is 0. The Balaban J connectivity index is 1.76. The van der Waals surface area contributed by atoms with Crippen LogP contribution in [-0.4, -0.2) is 19.6 Å². The third kappa shape index (κ3) is 4.23. The van der Waals surface area contributed by atoms with Gasteiger partial charge < -0.3 is 0 Å². The fourth-order valence-corrected chi connectivity index (χ4v) is 5.00. The molecule has 0 aliphatic rings.